The first-order valence-electron chi connectivity index (χ1n) is 11.4. The molecule has 2 aromatic carbocycles. The number of esters is 1. The smallest absolute Gasteiger partial charge is 0.319 e. The molecule has 1 aliphatic heterocycles. The summed E-state index contributed by atoms with van der Waals surface area (Å²) >= 11 is 0. The second-order valence-corrected chi connectivity index (χ2v) is 10.6. The highest BCUT2D eigenvalue weighted by molar-refractivity contribution is 7.89. The number of sulfonamides is 1. The van der Waals surface area contributed by atoms with Gasteiger partial charge in [0.15, 0.2) is 0 Å². The molecule has 2 atom stereocenters. The normalized spacial score (nSPS) is 20.6. The zero-order chi connectivity index (χ0) is 22.7. The molecular formula is C26H31NO4S. The molecule has 0 saturated heterocycles. The molecule has 0 radical (unpaired) electrons. The molecule has 0 bridgehead atoms. The Morgan fingerprint density at radius 3 is 2.28 bits per heavy atom. The summed E-state index contributed by atoms with van der Waals surface area (Å²) in [5, 5.41) is 0. The number of hydrogen-bond acceptors (Lipinski definition) is 4. The maximum Gasteiger partial charge on any atom is 0.319 e. The summed E-state index contributed by atoms with van der Waals surface area (Å²) in [7, 11) is -2.49. The Hall–Kier alpha value is -2.60. The van der Waals surface area contributed by atoms with Gasteiger partial charge in [-0.15, -0.1) is 0 Å². The van der Waals surface area contributed by atoms with E-state index < -0.39 is 21.9 Å². The molecule has 2 aliphatic rings. The number of methoxy groups -OCH3 is 1. The Balaban J connectivity index is 1.81. The SMILES string of the molecule is COC(=O)[C@H](C1=CC[C@@H](C2CCCCC2)N1S(=O)(=O)c1ccc(C)cc1)c1ccccc1. The standard InChI is InChI=1S/C26H31NO4S/c1-19-13-15-22(16-14-19)32(29,30)27-23(20-9-5-3-6-10-20)17-18-24(27)25(26(28)31-2)21-11-7-4-8-12-21/h4,7-8,11-16,18,20,23,25H,3,5-6,9-10,17H2,1-2H3/t23-,25-/m0/s1. The summed E-state index contributed by atoms with van der Waals surface area (Å²) in [5.74, 6) is -0.947. The minimum Gasteiger partial charge on any atom is -0.468 e. The van der Waals surface area contributed by atoms with Crippen LogP contribution in [-0.4, -0.2) is 31.8 Å². The molecule has 1 fully saturated rings. The van der Waals surface area contributed by atoms with Crippen LogP contribution in [-0.2, 0) is 19.6 Å². The highest BCUT2D eigenvalue weighted by Gasteiger charge is 2.45. The van der Waals surface area contributed by atoms with Gasteiger partial charge in [0, 0.05) is 5.70 Å². The average molecular weight is 454 g/mol. The van der Waals surface area contributed by atoms with Gasteiger partial charge in [-0.05, 0) is 49.8 Å². The van der Waals surface area contributed by atoms with E-state index in [0.29, 0.717) is 12.1 Å². The topological polar surface area (TPSA) is 63.7 Å². The van der Waals surface area contributed by atoms with Crippen molar-refractivity contribution >= 4 is 16.0 Å². The lowest BCUT2D eigenvalue weighted by molar-refractivity contribution is -0.141. The summed E-state index contributed by atoms with van der Waals surface area (Å²) in [5.41, 5.74) is 2.25. The van der Waals surface area contributed by atoms with Gasteiger partial charge in [0.25, 0.3) is 10.0 Å². The van der Waals surface area contributed by atoms with Crippen LogP contribution in [0.4, 0.5) is 0 Å². The Labute approximate surface area is 191 Å². The highest BCUT2D eigenvalue weighted by Crippen LogP contribution is 2.44. The Morgan fingerprint density at radius 2 is 1.66 bits per heavy atom. The number of carbonyl (C=O) groups is 1. The fourth-order valence-electron chi connectivity index (χ4n) is 5.10. The monoisotopic (exact) mass is 453 g/mol. The van der Waals surface area contributed by atoms with Crippen molar-refractivity contribution in [3.63, 3.8) is 0 Å². The van der Waals surface area contributed by atoms with E-state index >= 15 is 0 Å². The quantitative estimate of drug-likeness (QED) is 0.566. The van der Waals surface area contributed by atoms with Gasteiger partial charge in [0.2, 0.25) is 0 Å². The Morgan fingerprint density at radius 1 is 1.00 bits per heavy atom. The maximum atomic E-state index is 14.0. The van der Waals surface area contributed by atoms with Gasteiger partial charge in [0.1, 0.15) is 5.92 Å². The van der Waals surface area contributed by atoms with Crippen LogP contribution in [0.2, 0.25) is 0 Å². The number of ether oxygens (including phenoxy) is 1. The summed E-state index contributed by atoms with van der Waals surface area (Å²) in [6.07, 6.45) is 8.02. The summed E-state index contributed by atoms with van der Waals surface area (Å²) < 4.78 is 34.7. The summed E-state index contributed by atoms with van der Waals surface area (Å²) in [4.78, 5) is 13.2. The second-order valence-electron chi connectivity index (χ2n) is 8.81. The van der Waals surface area contributed by atoms with Crippen molar-refractivity contribution < 1.29 is 17.9 Å². The minimum absolute atomic E-state index is 0.174. The van der Waals surface area contributed by atoms with Crippen molar-refractivity contribution in [1.29, 1.82) is 0 Å². The van der Waals surface area contributed by atoms with Gasteiger partial charge >= 0.3 is 5.97 Å². The van der Waals surface area contributed by atoms with E-state index in [1.165, 1.54) is 13.5 Å². The van der Waals surface area contributed by atoms with Gasteiger partial charge in [-0.2, -0.15) is 0 Å². The Kier molecular flexibility index (Phi) is 6.70. The number of rotatable bonds is 6. The lowest BCUT2D eigenvalue weighted by atomic mass is 9.83. The molecule has 2 aromatic rings. The van der Waals surface area contributed by atoms with E-state index in [1.54, 1.807) is 16.4 Å². The zero-order valence-electron chi connectivity index (χ0n) is 18.7. The van der Waals surface area contributed by atoms with Crippen LogP contribution in [0.1, 0.15) is 55.6 Å². The van der Waals surface area contributed by atoms with Crippen molar-refractivity contribution in [2.75, 3.05) is 7.11 Å². The fourth-order valence-corrected chi connectivity index (χ4v) is 6.88. The van der Waals surface area contributed by atoms with E-state index in [-0.39, 0.29) is 16.9 Å². The lowest BCUT2D eigenvalue weighted by Crippen LogP contribution is -2.43. The van der Waals surface area contributed by atoms with Gasteiger partial charge in [0.05, 0.1) is 18.0 Å². The van der Waals surface area contributed by atoms with E-state index in [9.17, 15) is 13.2 Å². The van der Waals surface area contributed by atoms with E-state index in [1.807, 2.05) is 55.5 Å². The van der Waals surface area contributed by atoms with Crippen LogP contribution in [0.5, 0.6) is 0 Å². The first kappa shape index (κ1) is 22.6. The average Bonchev–Trinajstić information content (AvgIpc) is 3.26. The molecule has 6 heteroatoms. The van der Waals surface area contributed by atoms with Gasteiger partial charge in [-0.3, -0.25) is 9.10 Å². The van der Waals surface area contributed by atoms with Crippen LogP contribution < -0.4 is 0 Å². The minimum atomic E-state index is -3.84. The van der Waals surface area contributed by atoms with Crippen molar-refractivity contribution in [2.45, 2.75) is 62.3 Å². The molecule has 0 unspecified atom stereocenters. The maximum absolute atomic E-state index is 14.0. The summed E-state index contributed by atoms with van der Waals surface area (Å²) in [6.45, 7) is 1.94. The van der Waals surface area contributed by atoms with Gasteiger partial charge < -0.3 is 4.74 Å². The predicted octanol–water partition coefficient (Wildman–Crippen LogP) is 5.18. The molecule has 0 spiro atoms. The van der Waals surface area contributed by atoms with Crippen LogP contribution >= 0.6 is 0 Å². The molecule has 1 saturated carbocycles. The van der Waals surface area contributed by atoms with E-state index in [0.717, 1.165) is 36.8 Å². The first-order chi connectivity index (χ1) is 15.4. The number of benzene rings is 2. The van der Waals surface area contributed by atoms with Crippen LogP contribution in [0.15, 0.2) is 71.3 Å². The van der Waals surface area contributed by atoms with Crippen LogP contribution in [0.3, 0.4) is 0 Å². The molecule has 0 aromatic heterocycles. The molecule has 0 amide bonds. The third kappa shape index (κ3) is 4.33. The zero-order valence-corrected chi connectivity index (χ0v) is 19.6. The fraction of sp³-hybridized carbons (Fsp3) is 0.423. The first-order valence-corrected chi connectivity index (χ1v) is 12.8. The lowest BCUT2D eigenvalue weighted by Gasteiger charge is -2.37. The molecule has 4 rings (SSSR count). The molecule has 170 valence electrons. The largest absolute Gasteiger partial charge is 0.468 e. The third-order valence-corrected chi connectivity index (χ3v) is 8.63. The second kappa shape index (κ2) is 9.49. The Bertz CT molecular complexity index is 1070. The molecule has 0 N–H and O–H groups in total. The number of carbonyl (C=O) groups excluding carboxylic acids is 1. The van der Waals surface area contributed by atoms with E-state index in [2.05, 4.69) is 0 Å². The predicted molar refractivity (Wildman–Crippen MR) is 124 cm³/mol. The summed E-state index contributed by atoms with van der Waals surface area (Å²) in [6, 6.07) is 16.1. The van der Waals surface area contributed by atoms with Gasteiger partial charge in [-0.25, -0.2) is 8.42 Å². The third-order valence-electron chi connectivity index (χ3n) is 6.76. The number of nitrogens with zero attached hydrogens (tertiary/aromatic N) is 1. The molecule has 32 heavy (non-hydrogen) atoms. The van der Waals surface area contributed by atoms with E-state index in [4.69, 9.17) is 4.74 Å². The highest BCUT2D eigenvalue weighted by atomic mass is 32.2. The molecule has 5 nitrogen and oxygen atoms in total. The van der Waals surface area contributed by atoms with Crippen molar-refractivity contribution in [1.82, 2.24) is 4.31 Å². The molecule has 1 heterocycles. The van der Waals surface area contributed by atoms with Gasteiger partial charge in [-0.1, -0.05) is 73.4 Å². The van der Waals surface area contributed by atoms with Crippen molar-refractivity contribution in [3.8, 4) is 0 Å². The van der Waals surface area contributed by atoms with Crippen molar-refractivity contribution in [3.05, 3.63) is 77.5 Å². The molecule has 1 aliphatic carbocycles. The van der Waals surface area contributed by atoms with Crippen LogP contribution in [0.25, 0.3) is 0 Å². The number of hydrogen-bond donors (Lipinski definition) is 0. The van der Waals surface area contributed by atoms with Crippen LogP contribution in [0, 0.1) is 12.8 Å². The van der Waals surface area contributed by atoms with Crippen molar-refractivity contribution in [2.24, 2.45) is 5.92 Å². The number of aryl methyl sites for hydroxylation is 1. The molecular weight excluding hydrogens is 422 g/mol.